The van der Waals surface area contributed by atoms with Crippen LogP contribution in [0.2, 0.25) is 0 Å². The highest BCUT2D eigenvalue weighted by atomic mass is 16.5. The van der Waals surface area contributed by atoms with Crippen LogP contribution in [-0.4, -0.2) is 73.8 Å². The predicted octanol–water partition coefficient (Wildman–Crippen LogP) is 9.56. The minimum absolute atomic E-state index is 0.00541. The number of aromatic nitrogens is 4. The van der Waals surface area contributed by atoms with Crippen LogP contribution >= 0.6 is 0 Å². The number of nitrogens with one attached hydrogen (secondary N) is 3. The predicted molar refractivity (Wildman–Crippen MR) is 245 cm³/mol. The van der Waals surface area contributed by atoms with Crippen molar-refractivity contribution >= 4 is 61.3 Å². The molecule has 3 N–H and O–H groups in total. The second-order valence-electron chi connectivity index (χ2n) is 19.0. The van der Waals surface area contributed by atoms with E-state index >= 15 is 0 Å². The minimum atomic E-state index is -0.780. The smallest absolute Gasteiger partial charge is 0.250 e. The SMILES string of the molecule is CC[C@H](C)CC(=O)N1C2C(C)C2C[C@H]1c1nc2c(ccc3cc(-c4ccc5c(ccc6[nH]c([C@@H]7C[C@H](COC)CN7C(=O)[C@H](NC(=O)C7CC7)c7ccccc7)nc65)c4)ccc32)[nH]1. The molecule has 4 aliphatic rings. The molecular weight excluding hydrogens is 787 g/mol. The quantitative estimate of drug-likeness (QED) is 0.112. The fraction of sp³-hybridized carbons (Fsp3) is 0.404. The van der Waals surface area contributed by atoms with E-state index in [9.17, 15) is 14.4 Å². The number of hydrogen-bond acceptors (Lipinski definition) is 6. The van der Waals surface area contributed by atoms with Crippen molar-refractivity contribution in [1.29, 1.82) is 0 Å². The summed E-state index contributed by atoms with van der Waals surface area (Å²) in [5.41, 5.74) is 6.71. The van der Waals surface area contributed by atoms with Gasteiger partial charge in [0.2, 0.25) is 17.7 Å². The molecule has 0 radical (unpaired) electrons. The fourth-order valence-corrected chi connectivity index (χ4v) is 10.9. The van der Waals surface area contributed by atoms with Gasteiger partial charge in [-0.2, -0.15) is 0 Å². The molecule has 8 atom stereocenters. The summed E-state index contributed by atoms with van der Waals surface area (Å²) < 4.78 is 5.59. The van der Waals surface area contributed by atoms with Crippen molar-refractivity contribution in [3.8, 4) is 11.1 Å². The van der Waals surface area contributed by atoms with E-state index in [1.165, 1.54) is 0 Å². The van der Waals surface area contributed by atoms with E-state index in [0.29, 0.717) is 49.8 Å². The Labute approximate surface area is 367 Å². The van der Waals surface area contributed by atoms with Crippen molar-refractivity contribution < 1.29 is 19.1 Å². The zero-order valence-corrected chi connectivity index (χ0v) is 36.4. The summed E-state index contributed by atoms with van der Waals surface area (Å²) >= 11 is 0. The van der Waals surface area contributed by atoms with Crippen LogP contribution in [0.3, 0.4) is 0 Å². The van der Waals surface area contributed by atoms with Crippen molar-refractivity contribution in [2.75, 3.05) is 20.3 Å². The Bertz CT molecular complexity index is 2920. The van der Waals surface area contributed by atoms with Crippen LogP contribution in [0, 0.1) is 29.6 Å². The molecule has 322 valence electrons. The number of fused-ring (bicyclic) bond motifs is 7. The van der Waals surface area contributed by atoms with Crippen molar-refractivity contribution in [1.82, 2.24) is 35.1 Å². The zero-order valence-electron chi connectivity index (χ0n) is 36.4. The van der Waals surface area contributed by atoms with Crippen molar-refractivity contribution in [2.24, 2.45) is 29.6 Å². The standard InChI is InChI=1S/C52H55N7O4/c1-5-28(2)21-44(60)59-43(25-39-29(3)48(39)59)50-54-41-20-16-36-24-34(14-18-38(36)47(41)56-50)33-13-17-37-35(23-33)15-19-40-46(37)55-49(53-40)42-22-30(27-63-4)26-58(42)52(62)45(31-9-7-6-8-10-31)57-51(61)32-11-12-32/h6-10,13-20,23-24,28-30,32,39,42-43,45,48H,5,11-12,21-22,25-27H2,1-4H3,(H,53,55)(H,54,56)(H,57,61)/t28-,29?,30-,39?,42-,43-,45+,48?/m0/s1. The first-order valence-corrected chi connectivity index (χ1v) is 23.0. The van der Waals surface area contributed by atoms with Gasteiger partial charge in [0.25, 0.3) is 0 Å². The molecule has 2 saturated carbocycles. The summed E-state index contributed by atoms with van der Waals surface area (Å²) in [6.45, 7) is 7.64. The van der Waals surface area contributed by atoms with Gasteiger partial charge < -0.3 is 29.8 Å². The van der Waals surface area contributed by atoms with E-state index in [-0.39, 0.29) is 41.6 Å². The Morgan fingerprint density at radius 1 is 0.825 bits per heavy atom. The summed E-state index contributed by atoms with van der Waals surface area (Å²) in [5.74, 6) is 3.30. The molecule has 5 aromatic carbocycles. The molecule has 11 nitrogen and oxygen atoms in total. The van der Waals surface area contributed by atoms with Crippen molar-refractivity contribution in [3.05, 3.63) is 108 Å². The van der Waals surface area contributed by atoms with Crippen LogP contribution in [0.1, 0.15) is 94.6 Å². The Kier molecular flexibility index (Phi) is 9.86. The minimum Gasteiger partial charge on any atom is -0.384 e. The highest BCUT2D eigenvalue weighted by molar-refractivity contribution is 6.07. The third kappa shape index (κ3) is 7.05. The van der Waals surface area contributed by atoms with Gasteiger partial charge in [0.15, 0.2) is 0 Å². The van der Waals surface area contributed by atoms with E-state index in [1.807, 2.05) is 35.2 Å². The lowest BCUT2D eigenvalue weighted by molar-refractivity contribution is -0.138. The van der Waals surface area contributed by atoms with Gasteiger partial charge in [-0.05, 0) is 95.2 Å². The molecule has 2 aliphatic carbocycles. The number of imidazole rings is 2. The number of likely N-dealkylation sites (tertiary alicyclic amines) is 2. The number of aromatic amines is 2. The van der Waals surface area contributed by atoms with Crippen LogP contribution < -0.4 is 5.32 Å². The number of H-pyrrole nitrogens is 2. The molecular formula is C52H55N7O4. The monoisotopic (exact) mass is 841 g/mol. The average molecular weight is 842 g/mol. The van der Waals surface area contributed by atoms with E-state index < -0.39 is 6.04 Å². The summed E-state index contributed by atoms with van der Waals surface area (Å²) in [4.78, 5) is 62.9. The van der Waals surface area contributed by atoms with Gasteiger partial charge in [-0.1, -0.05) is 93.9 Å². The number of ether oxygens (including phenoxy) is 1. The summed E-state index contributed by atoms with van der Waals surface area (Å²) in [6.07, 6.45) is 4.98. The molecule has 11 rings (SSSR count). The Morgan fingerprint density at radius 3 is 2.06 bits per heavy atom. The number of methoxy groups -OCH3 is 1. The van der Waals surface area contributed by atoms with Gasteiger partial charge in [-0.25, -0.2) is 9.97 Å². The van der Waals surface area contributed by atoms with Crippen LogP contribution in [0.5, 0.6) is 0 Å². The van der Waals surface area contributed by atoms with Gasteiger partial charge in [-0.3, -0.25) is 14.4 Å². The van der Waals surface area contributed by atoms with Gasteiger partial charge >= 0.3 is 0 Å². The maximum absolute atomic E-state index is 14.6. The number of piperidine rings is 1. The third-order valence-electron chi connectivity index (χ3n) is 14.8. The number of benzene rings is 5. The molecule has 2 aliphatic heterocycles. The van der Waals surface area contributed by atoms with E-state index in [1.54, 1.807) is 7.11 Å². The Balaban J connectivity index is 0.875. The number of amides is 3. The summed E-state index contributed by atoms with van der Waals surface area (Å²) in [6, 6.07) is 30.4. The zero-order chi connectivity index (χ0) is 43.1. The lowest BCUT2D eigenvalue weighted by Gasteiger charge is -2.29. The highest BCUT2D eigenvalue weighted by Crippen LogP contribution is 2.57. The normalized spacial score (nSPS) is 24.1. The van der Waals surface area contributed by atoms with Gasteiger partial charge in [0, 0.05) is 48.7 Å². The summed E-state index contributed by atoms with van der Waals surface area (Å²) in [5, 5.41) is 7.40. The number of hydrogen-bond donors (Lipinski definition) is 3. The highest BCUT2D eigenvalue weighted by Gasteiger charge is 2.60. The first kappa shape index (κ1) is 39.8. The van der Waals surface area contributed by atoms with Gasteiger partial charge in [0.1, 0.15) is 17.7 Å². The lowest BCUT2D eigenvalue weighted by atomic mass is 9.98. The fourth-order valence-electron chi connectivity index (χ4n) is 10.9. The first-order valence-electron chi connectivity index (χ1n) is 23.0. The third-order valence-corrected chi connectivity index (χ3v) is 14.8. The van der Waals surface area contributed by atoms with Crippen molar-refractivity contribution in [2.45, 2.75) is 83.5 Å². The summed E-state index contributed by atoms with van der Waals surface area (Å²) in [7, 11) is 1.70. The molecule has 3 amide bonds. The second-order valence-corrected chi connectivity index (χ2v) is 19.0. The topological polar surface area (TPSA) is 136 Å². The molecule has 7 aromatic rings. The maximum Gasteiger partial charge on any atom is 0.250 e. The van der Waals surface area contributed by atoms with Gasteiger partial charge in [-0.15, -0.1) is 0 Å². The molecule has 0 bridgehead atoms. The van der Waals surface area contributed by atoms with Crippen LogP contribution in [0.15, 0.2) is 91.0 Å². The number of carbonyl (C=O) groups is 3. The van der Waals surface area contributed by atoms with Crippen molar-refractivity contribution in [3.63, 3.8) is 0 Å². The average Bonchev–Trinajstić information content (AvgIpc) is 3.91. The van der Waals surface area contributed by atoms with Crippen LogP contribution in [0.25, 0.3) is 54.7 Å². The molecule has 63 heavy (non-hydrogen) atoms. The molecule has 0 spiro atoms. The largest absolute Gasteiger partial charge is 0.384 e. The number of nitrogens with zero attached hydrogens (tertiary/aromatic N) is 4. The van der Waals surface area contributed by atoms with E-state index in [0.717, 1.165) is 97.6 Å². The molecule has 4 fully saturated rings. The Hall–Kier alpha value is -6.07. The number of rotatable bonds is 12. The molecule has 2 aromatic heterocycles. The van der Waals surface area contributed by atoms with Crippen LogP contribution in [-0.2, 0) is 19.1 Å². The molecule has 2 saturated heterocycles. The molecule has 3 unspecified atom stereocenters. The number of carbonyl (C=O) groups excluding carboxylic acids is 3. The van der Waals surface area contributed by atoms with E-state index in [2.05, 4.69) is 102 Å². The first-order chi connectivity index (χ1) is 30.7. The molecule has 4 heterocycles. The second kappa shape index (κ2) is 15.6. The lowest BCUT2D eigenvalue weighted by Crippen LogP contribution is -2.43. The Morgan fingerprint density at radius 2 is 1.46 bits per heavy atom. The van der Waals surface area contributed by atoms with Gasteiger partial charge in [0.05, 0.1) is 40.8 Å². The van der Waals surface area contributed by atoms with E-state index in [4.69, 9.17) is 14.7 Å². The molecule has 11 heteroatoms. The maximum atomic E-state index is 14.6. The van der Waals surface area contributed by atoms with Crippen LogP contribution in [0.4, 0.5) is 0 Å².